The molecular weight excluding hydrogens is 190 g/mol. The van der Waals surface area contributed by atoms with Crippen molar-refractivity contribution >= 4 is 5.82 Å². The molecule has 4 nitrogen and oxygen atoms in total. The summed E-state index contributed by atoms with van der Waals surface area (Å²) in [7, 11) is 0. The fraction of sp³-hybridized carbons (Fsp3) is 0.455. The van der Waals surface area contributed by atoms with E-state index in [1.165, 1.54) is 0 Å². The smallest absolute Gasteiger partial charge is 0.129 e. The maximum absolute atomic E-state index is 9.53. The van der Waals surface area contributed by atoms with E-state index in [0.717, 1.165) is 25.2 Å². The van der Waals surface area contributed by atoms with E-state index in [2.05, 4.69) is 11.1 Å². The second-order valence-electron chi connectivity index (χ2n) is 3.76. The third kappa shape index (κ3) is 2.25. The van der Waals surface area contributed by atoms with Crippen molar-refractivity contribution in [2.24, 2.45) is 0 Å². The van der Waals surface area contributed by atoms with Gasteiger partial charge in [0.1, 0.15) is 5.82 Å². The van der Waals surface area contributed by atoms with Crippen LogP contribution in [0.2, 0.25) is 0 Å². The highest BCUT2D eigenvalue weighted by Gasteiger charge is 2.18. The van der Waals surface area contributed by atoms with Crippen molar-refractivity contribution in [3.05, 3.63) is 23.9 Å². The molecule has 1 aromatic heterocycles. The van der Waals surface area contributed by atoms with Gasteiger partial charge in [0.2, 0.25) is 0 Å². The predicted molar refractivity (Wildman–Crippen MR) is 56.4 cm³/mol. The Morgan fingerprint density at radius 2 is 2.47 bits per heavy atom. The summed E-state index contributed by atoms with van der Waals surface area (Å²) in [5.74, 6) is 0.785. The average molecular weight is 203 g/mol. The number of rotatable bonds is 1. The highest BCUT2D eigenvalue weighted by Crippen LogP contribution is 2.18. The molecule has 4 heteroatoms. The van der Waals surface area contributed by atoms with Gasteiger partial charge >= 0.3 is 0 Å². The molecule has 1 aromatic rings. The lowest BCUT2D eigenvalue weighted by Gasteiger charge is -2.30. The summed E-state index contributed by atoms with van der Waals surface area (Å²) in [6.45, 7) is 1.51. The van der Waals surface area contributed by atoms with Gasteiger partial charge in [-0.15, -0.1) is 0 Å². The van der Waals surface area contributed by atoms with Gasteiger partial charge in [0.25, 0.3) is 0 Å². The lowest BCUT2D eigenvalue weighted by atomic mass is 10.1. The van der Waals surface area contributed by atoms with Gasteiger partial charge in [-0.25, -0.2) is 4.98 Å². The molecule has 1 unspecified atom stereocenters. The van der Waals surface area contributed by atoms with Crippen LogP contribution >= 0.6 is 0 Å². The molecule has 1 atom stereocenters. The van der Waals surface area contributed by atoms with Crippen LogP contribution in [0.3, 0.4) is 0 Å². The Morgan fingerprint density at radius 1 is 1.60 bits per heavy atom. The van der Waals surface area contributed by atoms with Gasteiger partial charge in [-0.2, -0.15) is 5.26 Å². The molecule has 0 aromatic carbocycles. The number of hydrogen-bond acceptors (Lipinski definition) is 4. The van der Waals surface area contributed by atoms with Crippen LogP contribution in [0.5, 0.6) is 0 Å². The molecule has 0 bridgehead atoms. The van der Waals surface area contributed by atoms with E-state index in [4.69, 9.17) is 5.26 Å². The molecule has 0 spiro atoms. The average Bonchev–Trinajstić information content (AvgIpc) is 2.29. The number of aromatic nitrogens is 1. The molecule has 15 heavy (non-hydrogen) atoms. The van der Waals surface area contributed by atoms with Crippen LogP contribution < -0.4 is 4.90 Å². The van der Waals surface area contributed by atoms with Gasteiger partial charge in [0.05, 0.1) is 17.7 Å². The number of aliphatic hydroxyl groups excluding tert-OH is 1. The first-order valence-electron chi connectivity index (χ1n) is 5.09. The fourth-order valence-electron chi connectivity index (χ4n) is 1.82. The second kappa shape index (κ2) is 4.28. The number of aliphatic hydroxyl groups is 1. The van der Waals surface area contributed by atoms with Crippen LogP contribution in [0.15, 0.2) is 18.3 Å². The van der Waals surface area contributed by atoms with E-state index >= 15 is 0 Å². The molecule has 0 radical (unpaired) electrons. The molecule has 1 fully saturated rings. The minimum Gasteiger partial charge on any atom is -0.391 e. The first-order valence-corrected chi connectivity index (χ1v) is 5.09. The summed E-state index contributed by atoms with van der Waals surface area (Å²) in [6.07, 6.45) is 3.19. The van der Waals surface area contributed by atoms with E-state index in [1.807, 2.05) is 4.90 Å². The van der Waals surface area contributed by atoms with Crippen molar-refractivity contribution in [2.75, 3.05) is 18.0 Å². The molecule has 1 aliphatic rings. The van der Waals surface area contributed by atoms with E-state index in [-0.39, 0.29) is 6.10 Å². The fourth-order valence-corrected chi connectivity index (χ4v) is 1.82. The number of anilines is 1. The summed E-state index contributed by atoms with van der Waals surface area (Å²) >= 11 is 0. The van der Waals surface area contributed by atoms with Gasteiger partial charge in [0.15, 0.2) is 0 Å². The monoisotopic (exact) mass is 203 g/mol. The minimum atomic E-state index is -0.272. The van der Waals surface area contributed by atoms with Crippen molar-refractivity contribution in [1.29, 1.82) is 5.26 Å². The van der Waals surface area contributed by atoms with E-state index in [9.17, 15) is 5.11 Å². The van der Waals surface area contributed by atoms with Crippen LogP contribution in [0.1, 0.15) is 18.4 Å². The van der Waals surface area contributed by atoms with E-state index in [1.54, 1.807) is 18.3 Å². The van der Waals surface area contributed by atoms with Gasteiger partial charge < -0.3 is 10.0 Å². The third-order valence-electron chi connectivity index (χ3n) is 2.60. The van der Waals surface area contributed by atoms with E-state index < -0.39 is 0 Å². The predicted octanol–water partition coefficient (Wildman–Crippen LogP) is 0.914. The van der Waals surface area contributed by atoms with Crippen molar-refractivity contribution in [3.63, 3.8) is 0 Å². The molecule has 0 saturated carbocycles. The van der Waals surface area contributed by atoms with Crippen LogP contribution in [-0.2, 0) is 0 Å². The summed E-state index contributed by atoms with van der Waals surface area (Å²) in [4.78, 5) is 6.23. The number of pyridine rings is 1. The standard InChI is InChI=1S/C11H13N3O/c12-7-9-3-4-13-11(6-9)14-5-1-2-10(15)8-14/h3-4,6,10,15H,1-2,5,8H2. The normalized spacial score (nSPS) is 21.1. The van der Waals surface area contributed by atoms with Crippen LogP contribution in [0.25, 0.3) is 0 Å². The summed E-state index contributed by atoms with van der Waals surface area (Å²) < 4.78 is 0. The molecule has 0 amide bonds. The Morgan fingerprint density at radius 3 is 3.20 bits per heavy atom. The Labute approximate surface area is 88.8 Å². The van der Waals surface area contributed by atoms with Crippen molar-refractivity contribution in [3.8, 4) is 6.07 Å². The molecule has 78 valence electrons. The Kier molecular flexibility index (Phi) is 2.84. The van der Waals surface area contributed by atoms with Crippen molar-refractivity contribution in [1.82, 2.24) is 4.98 Å². The molecule has 1 saturated heterocycles. The zero-order valence-electron chi connectivity index (χ0n) is 8.43. The number of piperidine rings is 1. The van der Waals surface area contributed by atoms with Crippen molar-refractivity contribution in [2.45, 2.75) is 18.9 Å². The molecule has 1 aliphatic heterocycles. The topological polar surface area (TPSA) is 60.2 Å². The molecule has 2 rings (SSSR count). The number of nitriles is 1. The van der Waals surface area contributed by atoms with Crippen molar-refractivity contribution < 1.29 is 5.11 Å². The van der Waals surface area contributed by atoms with Gasteiger partial charge in [0, 0.05) is 19.3 Å². The van der Waals surface area contributed by atoms with Crippen LogP contribution in [0, 0.1) is 11.3 Å². The minimum absolute atomic E-state index is 0.272. The SMILES string of the molecule is N#Cc1ccnc(N2CCCC(O)C2)c1. The summed E-state index contributed by atoms with van der Waals surface area (Å²) in [5, 5.41) is 18.3. The lowest BCUT2D eigenvalue weighted by molar-refractivity contribution is 0.154. The maximum Gasteiger partial charge on any atom is 0.129 e. The number of β-amino-alcohol motifs (C(OH)–C–C–N with tert-alkyl or cyclic N) is 1. The maximum atomic E-state index is 9.53. The highest BCUT2D eigenvalue weighted by molar-refractivity contribution is 5.45. The molecular formula is C11H13N3O. The zero-order valence-corrected chi connectivity index (χ0v) is 8.43. The lowest BCUT2D eigenvalue weighted by Crippen LogP contribution is -2.38. The third-order valence-corrected chi connectivity index (χ3v) is 2.60. The Balaban J connectivity index is 2.18. The zero-order chi connectivity index (χ0) is 10.7. The number of nitrogens with zero attached hydrogens (tertiary/aromatic N) is 3. The van der Waals surface area contributed by atoms with Gasteiger partial charge in [-0.1, -0.05) is 0 Å². The highest BCUT2D eigenvalue weighted by atomic mass is 16.3. The first-order chi connectivity index (χ1) is 7.29. The second-order valence-corrected chi connectivity index (χ2v) is 3.76. The van der Waals surface area contributed by atoms with Gasteiger partial charge in [-0.05, 0) is 25.0 Å². The Bertz CT molecular complexity index is 386. The van der Waals surface area contributed by atoms with Crippen LogP contribution in [-0.4, -0.2) is 29.3 Å². The molecule has 1 N–H and O–H groups in total. The molecule has 0 aliphatic carbocycles. The van der Waals surface area contributed by atoms with Crippen LogP contribution in [0.4, 0.5) is 5.82 Å². The summed E-state index contributed by atoms with van der Waals surface area (Å²) in [5.41, 5.74) is 0.611. The first kappa shape index (κ1) is 9.94. The van der Waals surface area contributed by atoms with E-state index in [0.29, 0.717) is 12.1 Å². The number of hydrogen-bond donors (Lipinski definition) is 1. The quantitative estimate of drug-likeness (QED) is 0.737. The summed E-state index contributed by atoms with van der Waals surface area (Å²) in [6, 6.07) is 5.53. The Hall–Kier alpha value is -1.60. The largest absolute Gasteiger partial charge is 0.391 e. The van der Waals surface area contributed by atoms with Gasteiger partial charge in [-0.3, -0.25) is 0 Å². The molecule has 2 heterocycles.